The Balaban J connectivity index is 2.32. The molecule has 2 rings (SSSR count). The summed E-state index contributed by atoms with van der Waals surface area (Å²) in [6, 6.07) is 6.22. The van der Waals surface area contributed by atoms with E-state index in [4.69, 9.17) is 5.73 Å². The van der Waals surface area contributed by atoms with E-state index in [-0.39, 0.29) is 17.8 Å². The SMILES string of the molecule is NCC#Cc1cc(Cn2cccnc2=O)ccc1F. The van der Waals surface area contributed by atoms with E-state index in [1.807, 2.05) is 0 Å². The molecule has 0 unspecified atom stereocenters. The predicted octanol–water partition coefficient (Wildman–Crippen LogP) is 0.741. The number of halogens is 1. The van der Waals surface area contributed by atoms with Crippen molar-refractivity contribution in [3.05, 3.63) is 64.1 Å². The molecule has 96 valence electrons. The molecule has 0 radical (unpaired) electrons. The fourth-order valence-electron chi connectivity index (χ4n) is 1.62. The van der Waals surface area contributed by atoms with Gasteiger partial charge in [-0.1, -0.05) is 17.9 Å². The lowest BCUT2D eigenvalue weighted by molar-refractivity contribution is 0.622. The minimum absolute atomic E-state index is 0.172. The fourth-order valence-corrected chi connectivity index (χ4v) is 1.62. The van der Waals surface area contributed by atoms with Gasteiger partial charge in [0, 0.05) is 12.4 Å². The van der Waals surface area contributed by atoms with Gasteiger partial charge in [0.2, 0.25) is 0 Å². The van der Waals surface area contributed by atoms with Gasteiger partial charge in [0.25, 0.3) is 0 Å². The van der Waals surface area contributed by atoms with Crippen molar-refractivity contribution in [3.63, 3.8) is 0 Å². The van der Waals surface area contributed by atoms with E-state index in [1.54, 1.807) is 24.4 Å². The number of nitrogens with zero attached hydrogens (tertiary/aromatic N) is 2. The maximum atomic E-state index is 13.5. The lowest BCUT2D eigenvalue weighted by Crippen LogP contribution is -2.21. The molecular formula is C14H12FN3O. The third-order valence-corrected chi connectivity index (χ3v) is 2.49. The van der Waals surface area contributed by atoms with Crippen molar-refractivity contribution < 1.29 is 4.39 Å². The molecule has 1 heterocycles. The molecule has 0 saturated carbocycles. The van der Waals surface area contributed by atoms with E-state index in [0.29, 0.717) is 6.54 Å². The second-order valence-electron chi connectivity index (χ2n) is 3.85. The van der Waals surface area contributed by atoms with Crippen LogP contribution in [0.3, 0.4) is 0 Å². The summed E-state index contributed by atoms with van der Waals surface area (Å²) in [7, 11) is 0. The molecule has 19 heavy (non-hydrogen) atoms. The summed E-state index contributed by atoms with van der Waals surface area (Å²) < 4.78 is 14.9. The molecule has 0 fully saturated rings. The molecule has 0 spiro atoms. The summed E-state index contributed by atoms with van der Waals surface area (Å²) in [5.74, 6) is 4.87. The minimum Gasteiger partial charge on any atom is -0.320 e. The van der Waals surface area contributed by atoms with Gasteiger partial charge in [-0.15, -0.1) is 0 Å². The van der Waals surface area contributed by atoms with Crippen LogP contribution < -0.4 is 11.4 Å². The molecule has 0 saturated heterocycles. The highest BCUT2D eigenvalue weighted by Crippen LogP contribution is 2.10. The topological polar surface area (TPSA) is 60.9 Å². The molecule has 0 aliphatic rings. The Kier molecular flexibility index (Phi) is 4.06. The summed E-state index contributed by atoms with van der Waals surface area (Å²) in [6.45, 7) is 0.496. The van der Waals surface area contributed by atoms with Crippen molar-refractivity contribution >= 4 is 0 Å². The van der Waals surface area contributed by atoms with E-state index in [2.05, 4.69) is 16.8 Å². The Morgan fingerprint density at radius 3 is 3.00 bits per heavy atom. The number of benzene rings is 1. The molecule has 1 aromatic heterocycles. The second-order valence-corrected chi connectivity index (χ2v) is 3.85. The van der Waals surface area contributed by atoms with Crippen LogP contribution in [0.15, 0.2) is 41.5 Å². The normalized spacial score (nSPS) is 9.79. The van der Waals surface area contributed by atoms with E-state index >= 15 is 0 Å². The van der Waals surface area contributed by atoms with Crippen molar-refractivity contribution in [3.8, 4) is 11.8 Å². The van der Waals surface area contributed by atoms with Gasteiger partial charge in [-0.05, 0) is 23.8 Å². The van der Waals surface area contributed by atoms with E-state index in [0.717, 1.165) is 5.56 Å². The van der Waals surface area contributed by atoms with Gasteiger partial charge in [0.15, 0.2) is 0 Å². The summed E-state index contributed by atoms with van der Waals surface area (Å²) >= 11 is 0. The van der Waals surface area contributed by atoms with E-state index in [1.165, 1.54) is 16.8 Å². The van der Waals surface area contributed by atoms with Crippen molar-refractivity contribution in [1.82, 2.24) is 9.55 Å². The van der Waals surface area contributed by atoms with Crippen LogP contribution in [0, 0.1) is 17.7 Å². The Hall–Kier alpha value is -2.45. The summed E-state index contributed by atoms with van der Waals surface area (Å²) in [5, 5.41) is 0. The van der Waals surface area contributed by atoms with Crippen LogP contribution in [-0.2, 0) is 6.54 Å². The first-order valence-corrected chi connectivity index (χ1v) is 5.69. The van der Waals surface area contributed by atoms with Crippen molar-refractivity contribution in [2.75, 3.05) is 6.54 Å². The molecule has 0 amide bonds. The Bertz CT molecular complexity index is 698. The van der Waals surface area contributed by atoms with E-state index < -0.39 is 5.82 Å². The first-order chi connectivity index (χ1) is 9.20. The van der Waals surface area contributed by atoms with Crippen molar-refractivity contribution in [1.29, 1.82) is 0 Å². The van der Waals surface area contributed by atoms with Gasteiger partial charge in [0.05, 0.1) is 18.7 Å². The van der Waals surface area contributed by atoms with Gasteiger partial charge < -0.3 is 5.73 Å². The monoisotopic (exact) mass is 257 g/mol. The van der Waals surface area contributed by atoms with Crippen molar-refractivity contribution in [2.24, 2.45) is 5.73 Å². The molecule has 2 aromatic rings. The predicted molar refractivity (Wildman–Crippen MR) is 69.9 cm³/mol. The number of aromatic nitrogens is 2. The largest absolute Gasteiger partial charge is 0.347 e. The van der Waals surface area contributed by atoms with Crippen LogP contribution in [-0.4, -0.2) is 16.1 Å². The van der Waals surface area contributed by atoms with Crippen LogP contribution in [0.4, 0.5) is 4.39 Å². The van der Waals surface area contributed by atoms with Crippen LogP contribution in [0.25, 0.3) is 0 Å². The molecule has 1 aromatic carbocycles. The van der Waals surface area contributed by atoms with E-state index in [9.17, 15) is 9.18 Å². The second kappa shape index (κ2) is 5.94. The molecule has 0 bridgehead atoms. The average molecular weight is 257 g/mol. The lowest BCUT2D eigenvalue weighted by atomic mass is 10.1. The zero-order valence-electron chi connectivity index (χ0n) is 10.1. The zero-order chi connectivity index (χ0) is 13.7. The summed E-state index contributed by atoms with van der Waals surface area (Å²) in [6.07, 6.45) is 3.06. The van der Waals surface area contributed by atoms with Gasteiger partial charge in [-0.3, -0.25) is 4.57 Å². The van der Waals surface area contributed by atoms with Gasteiger partial charge in [0.1, 0.15) is 5.82 Å². The number of nitrogens with two attached hydrogens (primary N) is 1. The average Bonchev–Trinajstić information content (AvgIpc) is 2.42. The Morgan fingerprint density at radius 2 is 2.26 bits per heavy atom. The maximum absolute atomic E-state index is 13.5. The lowest BCUT2D eigenvalue weighted by Gasteiger charge is -2.05. The quantitative estimate of drug-likeness (QED) is 0.807. The third-order valence-electron chi connectivity index (χ3n) is 2.49. The number of hydrogen-bond donors (Lipinski definition) is 1. The standard InChI is InChI=1S/C14H12FN3O/c15-13-5-4-11(9-12(13)3-1-6-16)10-18-8-2-7-17-14(18)19/h2,4-5,7-9H,6,10,16H2. The Labute approximate surface area is 109 Å². The van der Waals surface area contributed by atoms with Gasteiger partial charge in [-0.25, -0.2) is 14.2 Å². The van der Waals surface area contributed by atoms with Crippen LogP contribution in [0.1, 0.15) is 11.1 Å². The molecule has 0 atom stereocenters. The highest BCUT2D eigenvalue weighted by molar-refractivity contribution is 5.38. The minimum atomic E-state index is -0.400. The van der Waals surface area contributed by atoms with Crippen LogP contribution in [0.2, 0.25) is 0 Å². The Morgan fingerprint density at radius 1 is 1.42 bits per heavy atom. The van der Waals surface area contributed by atoms with Crippen LogP contribution >= 0.6 is 0 Å². The summed E-state index contributed by atoms with van der Waals surface area (Å²) in [4.78, 5) is 15.1. The number of hydrogen-bond acceptors (Lipinski definition) is 3. The molecule has 0 aliphatic heterocycles. The first-order valence-electron chi connectivity index (χ1n) is 5.69. The molecule has 5 heteroatoms. The molecule has 4 nitrogen and oxygen atoms in total. The highest BCUT2D eigenvalue weighted by Gasteiger charge is 2.03. The summed E-state index contributed by atoms with van der Waals surface area (Å²) in [5.41, 5.74) is 5.97. The fraction of sp³-hybridized carbons (Fsp3) is 0.143. The van der Waals surface area contributed by atoms with Crippen molar-refractivity contribution in [2.45, 2.75) is 6.54 Å². The molecule has 0 aliphatic carbocycles. The highest BCUT2D eigenvalue weighted by atomic mass is 19.1. The van der Waals surface area contributed by atoms with Gasteiger partial charge >= 0.3 is 5.69 Å². The molecule has 2 N–H and O–H groups in total. The maximum Gasteiger partial charge on any atom is 0.347 e. The molecular weight excluding hydrogens is 245 g/mol. The first kappa shape index (κ1) is 13.0. The third kappa shape index (κ3) is 3.27. The van der Waals surface area contributed by atoms with Crippen LogP contribution in [0.5, 0.6) is 0 Å². The zero-order valence-corrected chi connectivity index (χ0v) is 10.1. The smallest absolute Gasteiger partial charge is 0.320 e. The number of rotatable bonds is 2. The van der Waals surface area contributed by atoms with Gasteiger partial charge in [-0.2, -0.15) is 0 Å².